The molecule has 1 aliphatic carbocycles. The third-order valence-corrected chi connectivity index (χ3v) is 4.46. The number of nitrogens with zero attached hydrogens (tertiary/aromatic N) is 1. The van der Waals surface area contributed by atoms with Crippen LogP contribution in [0.3, 0.4) is 0 Å². The van der Waals surface area contributed by atoms with Gasteiger partial charge in [-0.25, -0.2) is 0 Å². The highest BCUT2D eigenvalue weighted by molar-refractivity contribution is 5.93. The predicted octanol–water partition coefficient (Wildman–Crippen LogP) is 1.38. The van der Waals surface area contributed by atoms with Gasteiger partial charge in [0, 0.05) is 24.6 Å². The van der Waals surface area contributed by atoms with E-state index < -0.39 is 5.54 Å². The predicted molar refractivity (Wildman–Crippen MR) is 75.3 cm³/mol. The van der Waals surface area contributed by atoms with E-state index in [0.29, 0.717) is 18.7 Å². The van der Waals surface area contributed by atoms with Gasteiger partial charge in [-0.3, -0.25) is 9.78 Å². The Bertz CT molecular complexity index is 475. The van der Waals surface area contributed by atoms with E-state index in [9.17, 15) is 9.90 Å². The molecule has 1 heterocycles. The first kappa shape index (κ1) is 14.9. The lowest BCUT2D eigenvalue weighted by Crippen LogP contribution is -2.74. The second-order valence-corrected chi connectivity index (χ2v) is 5.78. The SMILES string of the molecule is CCOC1CC(CO)(NC(=O)c2ccccn2)C1(C)C. The highest BCUT2D eigenvalue weighted by Crippen LogP contribution is 2.51. The van der Waals surface area contributed by atoms with Gasteiger partial charge in [-0.05, 0) is 19.1 Å². The lowest BCUT2D eigenvalue weighted by atomic mass is 9.54. The summed E-state index contributed by atoms with van der Waals surface area (Å²) in [4.78, 5) is 16.3. The molecule has 5 nitrogen and oxygen atoms in total. The van der Waals surface area contributed by atoms with Crippen molar-refractivity contribution in [3.63, 3.8) is 0 Å². The summed E-state index contributed by atoms with van der Waals surface area (Å²) in [6, 6.07) is 5.19. The quantitative estimate of drug-likeness (QED) is 0.853. The van der Waals surface area contributed by atoms with Crippen LogP contribution < -0.4 is 5.32 Å². The van der Waals surface area contributed by atoms with E-state index in [4.69, 9.17) is 4.74 Å². The Balaban J connectivity index is 2.12. The molecule has 0 bridgehead atoms. The summed E-state index contributed by atoms with van der Waals surface area (Å²) in [7, 11) is 0. The van der Waals surface area contributed by atoms with Crippen molar-refractivity contribution < 1.29 is 14.6 Å². The number of hydrogen-bond acceptors (Lipinski definition) is 4. The van der Waals surface area contributed by atoms with Gasteiger partial charge in [0.1, 0.15) is 5.69 Å². The topological polar surface area (TPSA) is 71.5 Å². The van der Waals surface area contributed by atoms with Gasteiger partial charge in [-0.1, -0.05) is 19.9 Å². The van der Waals surface area contributed by atoms with Crippen LogP contribution in [0.15, 0.2) is 24.4 Å². The molecular formula is C15H22N2O3. The molecule has 0 saturated heterocycles. The zero-order chi connectivity index (χ0) is 14.8. The summed E-state index contributed by atoms with van der Waals surface area (Å²) in [5, 5.41) is 12.7. The zero-order valence-corrected chi connectivity index (χ0v) is 12.2. The summed E-state index contributed by atoms with van der Waals surface area (Å²) in [6.07, 6.45) is 2.24. The van der Waals surface area contributed by atoms with E-state index in [2.05, 4.69) is 10.3 Å². The molecule has 1 fully saturated rings. The Kier molecular flexibility index (Phi) is 4.11. The molecule has 2 unspecified atom stereocenters. The molecule has 20 heavy (non-hydrogen) atoms. The van der Waals surface area contributed by atoms with Crippen molar-refractivity contribution in [1.82, 2.24) is 10.3 Å². The van der Waals surface area contributed by atoms with E-state index in [1.54, 1.807) is 24.4 Å². The van der Waals surface area contributed by atoms with Crippen LogP contribution in [0.25, 0.3) is 0 Å². The molecule has 0 spiro atoms. The Hall–Kier alpha value is -1.46. The highest BCUT2D eigenvalue weighted by Gasteiger charge is 2.61. The van der Waals surface area contributed by atoms with Crippen LogP contribution in [0.2, 0.25) is 0 Å². The zero-order valence-electron chi connectivity index (χ0n) is 12.2. The molecule has 1 aliphatic rings. The van der Waals surface area contributed by atoms with Crippen molar-refractivity contribution in [2.45, 2.75) is 38.8 Å². The van der Waals surface area contributed by atoms with Crippen molar-refractivity contribution in [2.24, 2.45) is 5.41 Å². The third kappa shape index (κ3) is 2.31. The number of hydrogen-bond donors (Lipinski definition) is 2. The Morgan fingerprint density at radius 1 is 1.55 bits per heavy atom. The number of aromatic nitrogens is 1. The Morgan fingerprint density at radius 3 is 2.80 bits per heavy atom. The molecule has 110 valence electrons. The summed E-state index contributed by atoms with van der Waals surface area (Å²) in [6.45, 7) is 6.48. The lowest BCUT2D eigenvalue weighted by molar-refractivity contribution is -0.172. The third-order valence-electron chi connectivity index (χ3n) is 4.46. The van der Waals surface area contributed by atoms with Crippen LogP contribution in [0.5, 0.6) is 0 Å². The van der Waals surface area contributed by atoms with Crippen LogP contribution in [-0.4, -0.2) is 40.9 Å². The maximum Gasteiger partial charge on any atom is 0.270 e. The molecule has 1 amide bonds. The molecule has 2 rings (SSSR count). The lowest BCUT2D eigenvalue weighted by Gasteiger charge is -2.60. The summed E-state index contributed by atoms with van der Waals surface area (Å²) in [5.74, 6) is -0.261. The Labute approximate surface area is 119 Å². The minimum absolute atomic E-state index is 0.0451. The highest BCUT2D eigenvalue weighted by atomic mass is 16.5. The van der Waals surface area contributed by atoms with Crippen LogP contribution in [0.4, 0.5) is 0 Å². The second kappa shape index (κ2) is 5.50. The van der Waals surface area contributed by atoms with E-state index in [1.165, 1.54) is 0 Å². The molecule has 0 aromatic carbocycles. The van der Waals surface area contributed by atoms with Gasteiger partial charge < -0.3 is 15.2 Å². The molecule has 1 aromatic rings. The number of rotatable bonds is 5. The minimum Gasteiger partial charge on any atom is -0.394 e. The number of carbonyl (C=O) groups is 1. The smallest absolute Gasteiger partial charge is 0.270 e. The van der Waals surface area contributed by atoms with Gasteiger partial charge >= 0.3 is 0 Å². The monoisotopic (exact) mass is 278 g/mol. The fraction of sp³-hybridized carbons (Fsp3) is 0.600. The average Bonchev–Trinajstić information content (AvgIpc) is 2.46. The number of pyridine rings is 1. The summed E-state index contributed by atoms with van der Waals surface area (Å²) < 4.78 is 5.66. The van der Waals surface area contributed by atoms with Crippen molar-refractivity contribution >= 4 is 5.91 Å². The van der Waals surface area contributed by atoms with Gasteiger partial charge in [0.2, 0.25) is 0 Å². The second-order valence-electron chi connectivity index (χ2n) is 5.78. The molecule has 1 aromatic heterocycles. The number of nitrogens with one attached hydrogen (secondary N) is 1. The maximum absolute atomic E-state index is 12.2. The number of carbonyl (C=O) groups excluding carboxylic acids is 1. The van der Waals surface area contributed by atoms with Crippen molar-refractivity contribution in [2.75, 3.05) is 13.2 Å². The maximum atomic E-state index is 12.2. The standard InChI is InChI=1S/C15H22N2O3/c1-4-20-12-9-15(10-18,14(12,2)3)17-13(19)11-7-5-6-8-16-11/h5-8,12,18H,4,9-10H2,1-3H3,(H,17,19). The van der Waals surface area contributed by atoms with Gasteiger partial charge in [0.05, 0.1) is 18.2 Å². The van der Waals surface area contributed by atoms with Crippen LogP contribution >= 0.6 is 0 Å². The largest absolute Gasteiger partial charge is 0.394 e. The van der Waals surface area contributed by atoms with E-state index in [0.717, 1.165) is 0 Å². The van der Waals surface area contributed by atoms with E-state index in [1.807, 2.05) is 20.8 Å². The van der Waals surface area contributed by atoms with Gasteiger partial charge in [0.25, 0.3) is 5.91 Å². The van der Waals surface area contributed by atoms with Crippen molar-refractivity contribution in [1.29, 1.82) is 0 Å². The first-order valence-corrected chi connectivity index (χ1v) is 6.93. The molecule has 0 radical (unpaired) electrons. The molecule has 0 aliphatic heterocycles. The summed E-state index contributed by atoms with van der Waals surface area (Å²) in [5.41, 5.74) is -0.611. The number of amides is 1. The van der Waals surface area contributed by atoms with Gasteiger partial charge in [-0.2, -0.15) is 0 Å². The van der Waals surface area contributed by atoms with Crippen LogP contribution in [-0.2, 0) is 4.74 Å². The summed E-state index contributed by atoms with van der Waals surface area (Å²) >= 11 is 0. The van der Waals surface area contributed by atoms with E-state index >= 15 is 0 Å². The van der Waals surface area contributed by atoms with Crippen molar-refractivity contribution in [3.8, 4) is 0 Å². The molecule has 5 heteroatoms. The fourth-order valence-corrected chi connectivity index (χ4v) is 2.78. The van der Waals surface area contributed by atoms with Crippen molar-refractivity contribution in [3.05, 3.63) is 30.1 Å². The van der Waals surface area contributed by atoms with Gasteiger partial charge in [-0.15, -0.1) is 0 Å². The normalized spacial score (nSPS) is 27.7. The minimum atomic E-state index is -0.651. The average molecular weight is 278 g/mol. The Morgan fingerprint density at radius 2 is 2.30 bits per heavy atom. The first-order valence-electron chi connectivity index (χ1n) is 6.93. The molecular weight excluding hydrogens is 256 g/mol. The van der Waals surface area contributed by atoms with Gasteiger partial charge in [0.15, 0.2) is 0 Å². The van der Waals surface area contributed by atoms with Crippen LogP contribution in [0.1, 0.15) is 37.7 Å². The van der Waals surface area contributed by atoms with E-state index in [-0.39, 0.29) is 24.0 Å². The molecule has 2 N–H and O–H groups in total. The first-order chi connectivity index (χ1) is 9.47. The fourth-order valence-electron chi connectivity index (χ4n) is 2.78. The molecule has 2 atom stereocenters. The number of ether oxygens (including phenoxy) is 1. The number of aliphatic hydroxyl groups is 1. The number of aliphatic hydroxyl groups excluding tert-OH is 1. The van der Waals surface area contributed by atoms with Crippen LogP contribution in [0, 0.1) is 5.41 Å². The molecule has 1 saturated carbocycles.